The molecule has 0 aliphatic rings. The molecule has 0 spiro atoms. The average Bonchev–Trinajstić information content (AvgIpc) is 3.22. The number of aromatic nitrogens is 1. The first-order valence-corrected chi connectivity index (χ1v) is 10.8. The maximum Gasteiger partial charge on any atom is 0.257 e. The number of hydrogen-bond acceptors (Lipinski definition) is 6. The SMILES string of the molecule is CCOc1ccc(C(=O)Nc2cc(OC)c3nc(NC(=O)c4ccccc4)sc3c2)cc1. The molecule has 0 aliphatic carbocycles. The Kier molecular flexibility index (Phi) is 6.32. The van der Waals surface area contributed by atoms with Gasteiger partial charge in [0.05, 0.1) is 18.4 Å². The molecule has 0 aliphatic heterocycles. The van der Waals surface area contributed by atoms with Gasteiger partial charge in [-0.15, -0.1) is 0 Å². The molecule has 1 aromatic heterocycles. The molecule has 0 saturated carbocycles. The van der Waals surface area contributed by atoms with Gasteiger partial charge in [-0.2, -0.15) is 0 Å². The number of fused-ring (bicyclic) bond motifs is 1. The van der Waals surface area contributed by atoms with Crippen molar-refractivity contribution in [2.24, 2.45) is 0 Å². The zero-order chi connectivity index (χ0) is 22.5. The summed E-state index contributed by atoms with van der Waals surface area (Å²) in [7, 11) is 1.54. The fourth-order valence-corrected chi connectivity index (χ4v) is 4.03. The average molecular weight is 448 g/mol. The smallest absolute Gasteiger partial charge is 0.257 e. The van der Waals surface area contributed by atoms with E-state index in [9.17, 15) is 9.59 Å². The van der Waals surface area contributed by atoms with Crippen LogP contribution in [-0.4, -0.2) is 30.5 Å². The van der Waals surface area contributed by atoms with Crippen LogP contribution in [0.3, 0.4) is 0 Å². The van der Waals surface area contributed by atoms with Crippen LogP contribution >= 0.6 is 11.3 Å². The Morgan fingerprint density at radius 1 is 0.938 bits per heavy atom. The number of ether oxygens (including phenoxy) is 2. The van der Waals surface area contributed by atoms with E-state index < -0.39 is 0 Å². The molecule has 0 saturated heterocycles. The minimum absolute atomic E-state index is 0.243. The van der Waals surface area contributed by atoms with Crippen LogP contribution in [0.2, 0.25) is 0 Å². The zero-order valence-corrected chi connectivity index (χ0v) is 18.4. The van der Waals surface area contributed by atoms with Crippen molar-refractivity contribution in [2.75, 3.05) is 24.4 Å². The van der Waals surface area contributed by atoms with Gasteiger partial charge in [0, 0.05) is 22.9 Å². The first-order chi connectivity index (χ1) is 15.6. The lowest BCUT2D eigenvalue weighted by molar-refractivity contribution is 0.101. The first-order valence-electron chi connectivity index (χ1n) is 9.96. The summed E-state index contributed by atoms with van der Waals surface area (Å²) in [6.45, 7) is 2.47. The van der Waals surface area contributed by atoms with Crippen LogP contribution in [0.5, 0.6) is 11.5 Å². The highest BCUT2D eigenvalue weighted by Gasteiger charge is 2.15. The summed E-state index contributed by atoms with van der Waals surface area (Å²) in [4.78, 5) is 29.6. The Morgan fingerprint density at radius 2 is 1.62 bits per heavy atom. The number of rotatable bonds is 7. The van der Waals surface area contributed by atoms with Crippen molar-refractivity contribution >= 4 is 44.2 Å². The number of hydrogen-bond donors (Lipinski definition) is 2. The van der Waals surface area contributed by atoms with Crippen molar-refractivity contribution in [1.82, 2.24) is 4.98 Å². The summed E-state index contributed by atoms with van der Waals surface area (Å²) in [5.74, 6) is 0.715. The lowest BCUT2D eigenvalue weighted by Crippen LogP contribution is -2.11. The van der Waals surface area contributed by atoms with E-state index in [1.54, 1.807) is 60.7 Å². The highest BCUT2D eigenvalue weighted by molar-refractivity contribution is 7.22. The third kappa shape index (κ3) is 4.70. The van der Waals surface area contributed by atoms with Gasteiger partial charge in [-0.3, -0.25) is 14.9 Å². The number of thiazole rings is 1. The number of methoxy groups -OCH3 is 1. The lowest BCUT2D eigenvalue weighted by atomic mass is 10.2. The van der Waals surface area contributed by atoms with E-state index in [2.05, 4.69) is 15.6 Å². The maximum atomic E-state index is 12.7. The summed E-state index contributed by atoms with van der Waals surface area (Å²) < 4.78 is 11.6. The second-order valence-electron chi connectivity index (χ2n) is 6.78. The van der Waals surface area contributed by atoms with E-state index >= 15 is 0 Å². The van der Waals surface area contributed by atoms with Crippen LogP contribution < -0.4 is 20.1 Å². The molecule has 2 N–H and O–H groups in total. The Labute approximate surface area is 189 Å². The van der Waals surface area contributed by atoms with E-state index in [0.29, 0.717) is 45.6 Å². The summed E-state index contributed by atoms with van der Waals surface area (Å²) in [5, 5.41) is 6.14. The van der Waals surface area contributed by atoms with Gasteiger partial charge in [-0.25, -0.2) is 4.98 Å². The number of nitrogens with one attached hydrogen (secondary N) is 2. The monoisotopic (exact) mass is 447 g/mol. The van der Waals surface area contributed by atoms with Gasteiger partial charge in [0.25, 0.3) is 11.8 Å². The largest absolute Gasteiger partial charge is 0.494 e. The highest BCUT2D eigenvalue weighted by Crippen LogP contribution is 2.35. The summed E-state index contributed by atoms with van der Waals surface area (Å²) >= 11 is 1.30. The van der Waals surface area contributed by atoms with E-state index in [1.807, 2.05) is 13.0 Å². The molecule has 2 amide bonds. The van der Waals surface area contributed by atoms with Gasteiger partial charge in [-0.05, 0) is 49.4 Å². The Bertz CT molecular complexity index is 1250. The third-order valence-corrected chi connectivity index (χ3v) is 5.54. The fraction of sp³-hybridized carbons (Fsp3) is 0.125. The predicted octanol–water partition coefficient (Wildman–Crippen LogP) is 5.21. The fourth-order valence-electron chi connectivity index (χ4n) is 3.11. The summed E-state index contributed by atoms with van der Waals surface area (Å²) in [6, 6.07) is 19.4. The number of benzene rings is 3. The van der Waals surface area contributed by atoms with E-state index in [0.717, 1.165) is 4.70 Å². The maximum absolute atomic E-state index is 12.7. The van der Waals surface area contributed by atoms with Crippen molar-refractivity contribution in [3.05, 3.63) is 77.9 Å². The molecule has 8 heteroatoms. The van der Waals surface area contributed by atoms with Crippen molar-refractivity contribution < 1.29 is 19.1 Å². The van der Waals surface area contributed by atoms with Gasteiger partial charge in [0.1, 0.15) is 17.0 Å². The highest BCUT2D eigenvalue weighted by atomic mass is 32.1. The number of amides is 2. The van der Waals surface area contributed by atoms with Gasteiger partial charge in [-0.1, -0.05) is 29.5 Å². The van der Waals surface area contributed by atoms with Crippen LogP contribution in [-0.2, 0) is 0 Å². The standard InChI is InChI=1S/C24H21N3O4S/c1-3-31-18-11-9-16(10-12-18)22(28)25-17-13-19(30-2)21-20(14-17)32-24(26-21)27-23(29)15-7-5-4-6-8-15/h4-14H,3H2,1-2H3,(H,25,28)(H,26,27,29). The number of carbonyl (C=O) groups is 2. The number of anilines is 2. The summed E-state index contributed by atoms with van der Waals surface area (Å²) in [6.07, 6.45) is 0. The molecule has 0 fully saturated rings. The van der Waals surface area contributed by atoms with Gasteiger partial charge in [0.15, 0.2) is 5.13 Å². The van der Waals surface area contributed by atoms with E-state index in [-0.39, 0.29) is 11.8 Å². The predicted molar refractivity (Wildman–Crippen MR) is 126 cm³/mol. The second kappa shape index (κ2) is 9.49. The third-order valence-electron chi connectivity index (χ3n) is 4.62. The Balaban J connectivity index is 1.55. The van der Waals surface area contributed by atoms with Crippen LogP contribution in [0.15, 0.2) is 66.7 Å². The van der Waals surface area contributed by atoms with Crippen molar-refractivity contribution in [1.29, 1.82) is 0 Å². The van der Waals surface area contributed by atoms with Crippen LogP contribution in [0.1, 0.15) is 27.6 Å². The first kappa shape index (κ1) is 21.3. The van der Waals surface area contributed by atoms with Gasteiger partial charge >= 0.3 is 0 Å². The molecule has 32 heavy (non-hydrogen) atoms. The zero-order valence-electron chi connectivity index (χ0n) is 17.5. The van der Waals surface area contributed by atoms with E-state index in [4.69, 9.17) is 9.47 Å². The van der Waals surface area contributed by atoms with Crippen LogP contribution in [0.25, 0.3) is 10.2 Å². The van der Waals surface area contributed by atoms with Crippen molar-refractivity contribution in [3.8, 4) is 11.5 Å². The van der Waals surface area contributed by atoms with E-state index in [1.165, 1.54) is 18.4 Å². The molecule has 3 aromatic carbocycles. The Hall–Kier alpha value is -3.91. The van der Waals surface area contributed by atoms with Crippen LogP contribution in [0, 0.1) is 0 Å². The van der Waals surface area contributed by atoms with Gasteiger partial charge in [0.2, 0.25) is 0 Å². The Morgan fingerprint density at radius 3 is 2.31 bits per heavy atom. The minimum Gasteiger partial charge on any atom is -0.494 e. The molecule has 0 unspecified atom stereocenters. The molecule has 4 rings (SSSR count). The summed E-state index contributed by atoms with van der Waals surface area (Å²) in [5.41, 5.74) is 2.23. The van der Waals surface area contributed by atoms with Crippen molar-refractivity contribution in [2.45, 2.75) is 6.92 Å². The number of carbonyl (C=O) groups excluding carboxylic acids is 2. The molecule has 0 radical (unpaired) electrons. The molecule has 0 atom stereocenters. The molecule has 7 nitrogen and oxygen atoms in total. The normalized spacial score (nSPS) is 10.6. The second-order valence-corrected chi connectivity index (χ2v) is 7.81. The quantitative estimate of drug-likeness (QED) is 0.406. The molecule has 1 heterocycles. The molecule has 0 bridgehead atoms. The lowest BCUT2D eigenvalue weighted by Gasteiger charge is -2.09. The van der Waals surface area contributed by atoms with Gasteiger partial charge < -0.3 is 14.8 Å². The van der Waals surface area contributed by atoms with Crippen LogP contribution in [0.4, 0.5) is 10.8 Å². The van der Waals surface area contributed by atoms with Crippen molar-refractivity contribution in [3.63, 3.8) is 0 Å². The molecule has 4 aromatic rings. The molecular formula is C24H21N3O4S. The minimum atomic E-state index is -0.253. The molecular weight excluding hydrogens is 426 g/mol. The number of nitrogens with zero attached hydrogens (tertiary/aromatic N) is 1. The molecule has 162 valence electrons. The topological polar surface area (TPSA) is 89.6 Å².